The molecule has 2 aromatic rings. The Labute approximate surface area is 124 Å². The highest BCUT2D eigenvalue weighted by atomic mass is 15.3. The van der Waals surface area contributed by atoms with Gasteiger partial charge in [0, 0.05) is 24.5 Å². The van der Waals surface area contributed by atoms with E-state index in [0.29, 0.717) is 12.0 Å². The molecule has 1 aromatic carbocycles. The van der Waals surface area contributed by atoms with E-state index in [2.05, 4.69) is 45.2 Å². The second-order valence-corrected chi connectivity index (χ2v) is 5.69. The van der Waals surface area contributed by atoms with Crippen molar-refractivity contribution < 1.29 is 0 Å². The highest BCUT2D eigenvalue weighted by Gasteiger charge is 2.23. The molecular weight excluding hydrogens is 264 g/mol. The van der Waals surface area contributed by atoms with Crippen LogP contribution in [-0.2, 0) is 0 Å². The zero-order valence-electron chi connectivity index (χ0n) is 12.6. The summed E-state index contributed by atoms with van der Waals surface area (Å²) in [5.41, 5.74) is 3.50. The number of nitrogens with zero attached hydrogens (tertiary/aromatic N) is 4. The summed E-state index contributed by atoms with van der Waals surface area (Å²) in [5, 5.41) is 1.08. The summed E-state index contributed by atoms with van der Waals surface area (Å²) < 4.78 is 0. The van der Waals surface area contributed by atoms with E-state index in [0.717, 1.165) is 42.8 Å². The molecule has 1 aliphatic heterocycles. The van der Waals surface area contributed by atoms with E-state index in [-0.39, 0.29) is 0 Å². The maximum atomic E-state index is 5.53. The van der Waals surface area contributed by atoms with Crippen LogP contribution in [0.25, 0.3) is 10.9 Å². The quantitative estimate of drug-likeness (QED) is 0.643. The molecule has 0 amide bonds. The van der Waals surface area contributed by atoms with Gasteiger partial charge in [-0.3, -0.25) is 5.43 Å². The minimum atomic E-state index is 0.404. The molecule has 0 bridgehead atoms. The van der Waals surface area contributed by atoms with Crippen molar-refractivity contribution in [2.45, 2.75) is 19.4 Å². The third-order valence-electron chi connectivity index (χ3n) is 4.03. The fourth-order valence-electron chi connectivity index (χ4n) is 3.03. The molecule has 6 nitrogen and oxygen atoms in total. The number of likely N-dealkylation sites (N-methyl/N-ethyl adjacent to an activating group) is 1. The van der Waals surface area contributed by atoms with E-state index in [1.807, 2.05) is 18.2 Å². The Morgan fingerprint density at radius 2 is 2.05 bits per heavy atom. The van der Waals surface area contributed by atoms with Crippen molar-refractivity contribution in [3.05, 3.63) is 24.3 Å². The van der Waals surface area contributed by atoms with Crippen LogP contribution in [0, 0.1) is 0 Å². The largest absolute Gasteiger partial charge is 0.352 e. The molecule has 1 fully saturated rings. The number of fused-ring (bicyclic) bond motifs is 1. The predicted molar refractivity (Wildman–Crippen MR) is 86.3 cm³/mol. The van der Waals surface area contributed by atoms with Crippen LogP contribution in [0.5, 0.6) is 0 Å². The first-order valence-electron chi connectivity index (χ1n) is 7.37. The first-order valence-corrected chi connectivity index (χ1v) is 7.37. The van der Waals surface area contributed by atoms with Crippen molar-refractivity contribution in [1.82, 2.24) is 14.9 Å². The Kier molecular flexibility index (Phi) is 3.90. The standard InChI is InChI=1S/C15H22N6/c1-11-10-20(2)8-5-9-21(11)14-12-6-3-4-7-13(12)17-15(18-14)19-16/h3-4,6-7,11H,5,8-10,16H2,1-2H3,(H,17,18,19). The van der Waals surface area contributed by atoms with Crippen molar-refractivity contribution >= 4 is 22.7 Å². The summed E-state index contributed by atoms with van der Waals surface area (Å²) in [6.07, 6.45) is 1.13. The normalized spacial score (nSPS) is 20.5. The Balaban J connectivity index is 2.09. The number of nitrogens with two attached hydrogens (primary N) is 1. The average Bonchev–Trinajstić information content (AvgIpc) is 2.66. The lowest BCUT2D eigenvalue weighted by Gasteiger charge is -2.30. The number of anilines is 2. The third-order valence-corrected chi connectivity index (χ3v) is 4.03. The fourth-order valence-corrected chi connectivity index (χ4v) is 3.03. The van der Waals surface area contributed by atoms with E-state index in [4.69, 9.17) is 5.84 Å². The molecule has 1 aromatic heterocycles. The lowest BCUT2D eigenvalue weighted by Crippen LogP contribution is -2.38. The molecule has 0 saturated carbocycles. The average molecular weight is 286 g/mol. The van der Waals surface area contributed by atoms with Gasteiger partial charge in [-0.25, -0.2) is 10.8 Å². The minimum absolute atomic E-state index is 0.404. The summed E-state index contributed by atoms with van der Waals surface area (Å²) in [6, 6.07) is 8.49. The summed E-state index contributed by atoms with van der Waals surface area (Å²) >= 11 is 0. The molecular formula is C15H22N6. The number of nitrogen functional groups attached to an aromatic ring is 1. The lowest BCUT2D eigenvalue weighted by atomic mass is 10.2. The van der Waals surface area contributed by atoms with Gasteiger partial charge in [-0.05, 0) is 39.1 Å². The van der Waals surface area contributed by atoms with Crippen molar-refractivity contribution in [3.63, 3.8) is 0 Å². The van der Waals surface area contributed by atoms with E-state index in [9.17, 15) is 0 Å². The molecule has 1 aliphatic rings. The lowest BCUT2D eigenvalue weighted by molar-refractivity contribution is 0.337. The van der Waals surface area contributed by atoms with Crippen LogP contribution in [-0.4, -0.2) is 47.6 Å². The van der Waals surface area contributed by atoms with Gasteiger partial charge < -0.3 is 9.80 Å². The summed E-state index contributed by atoms with van der Waals surface area (Å²) in [5.74, 6) is 6.96. The Morgan fingerprint density at radius 3 is 2.86 bits per heavy atom. The van der Waals surface area contributed by atoms with Crippen LogP contribution in [0.1, 0.15) is 13.3 Å². The third kappa shape index (κ3) is 2.77. The van der Waals surface area contributed by atoms with Crippen LogP contribution >= 0.6 is 0 Å². The minimum Gasteiger partial charge on any atom is -0.352 e. The number of benzene rings is 1. The molecule has 112 valence electrons. The SMILES string of the molecule is CC1CN(C)CCCN1c1nc(NN)nc2ccccc12. The highest BCUT2D eigenvalue weighted by molar-refractivity contribution is 5.90. The molecule has 0 spiro atoms. The van der Waals surface area contributed by atoms with Gasteiger partial charge in [-0.15, -0.1) is 0 Å². The fraction of sp³-hybridized carbons (Fsp3) is 0.467. The highest BCUT2D eigenvalue weighted by Crippen LogP contribution is 2.27. The number of hydrazine groups is 1. The Morgan fingerprint density at radius 1 is 1.24 bits per heavy atom. The van der Waals surface area contributed by atoms with Gasteiger partial charge in [0.05, 0.1) is 5.52 Å². The van der Waals surface area contributed by atoms with Gasteiger partial charge in [0.15, 0.2) is 0 Å². The van der Waals surface area contributed by atoms with Gasteiger partial charge in [0.1, 0.15) is 5.82 Å². The van der Waals surface area contributed by atoms with Crippen LogP contribution < -0.4 is 16.2 Å². The summed E-state index contributed by atoms with van der Waals surface area (Å²) in [6.45, 7) is 5.39. The number of para-hydroxylation sites is 1. The maximum Gasteiger partial charge on any atom is 0.239 e. The van der Waals surface area contributed by atoms with Crippen LogP contribution in [0.15, 0.2) is 24.3 Å². The first-order chi connectivity index (χ1) is 10.2. The molecule has 2 heterocycles. The number of nitrogens with one attached hydrogen (secondary N) is 1. The van der Waals surface area contributed by atoms with E-state index >= 15 is 0 Å². The molecule has 21 heavy (non-hydrogen) atoms. The molecule has 1 saturated heterocycles. The number of rotatable bonds is 2. The van der Waals surface area contributed by atoms with Gasteiger partial charge >= 0.3 is 0 Å². The van der Waals surface area contributed by atoms with E-state index < -0.39 is 0 Å². The van der Waals surface area contributed by atoms with Gasteiger partial charge in [0.2, 0.25) is 5.95 Å². The Hall–Kier alpha value is -1.92. The van der Waals surface area contributed by atoms with Crippen molar-refractivity contribution in [3.8, 4) is 0 Å². The zero-order valence-corrected chi connectivity index (χ0v) is 12.6. The van der Waals surface area contributed by atoms with Crippen LogP contribution in [0.4, 0.5) is 11.8 Å². The molecule has 1 atom stereocenters. The second kappa shape index (κ2) is 5.83. The molecule has 3 rings (SSSR count). The summed E-state index contributed by atoms with van der Waals surface area (Å²) in [4.78, 5) is 13.8. The molecule has 3 N–H and O–H groups in total. The van der Waals surface area contributed by atoms with Crippen LogP contribution in [0.3, 0.4) is 0 Å². The van der Waals surface area contributed by atoms with Crippen molar-refractivity contribution in [2.75, 3.05) is 37.0 Å². The Bertz CT molecular complexity index is 629. The van der Waals surface area contributed by atoms with Gasteiger partial charge in [-0.2, -0.15) is 4.98 Å². The zero-order chi connectivity index (χ0) is 14.8. The summed E-state index contributed by atoms with van der Waals surface area (Å²) in [7, 11) is 2.17. The second-order valence-electron chi connectivity index (χ2n) is 5.69. The molecule has 6 heteroatoms. The molecule has 1 unspecified atom stereocenters. The number of hydrogen-bond donors (Lipinski definition) is 2. The monoisotopic (exact) mass is 286 g/mol. The molecule has 0 aliphatic carbocycles. The van der Waals surface area contributed by atoms with E-state index in [1.165, 1.54) is 0 Å². The smallest absolute Gasteiger partial charge is 0.239 e. The number of aromatic nitrogens is 2. The van der Waals surface area contributed by atoms with E-state index in [1.54, 1.807) is 0 Å². The van der Waals surface area contributed by atoms with Gasteiger partial charge in [0.25, 0.3) is 0 Å². The van der Waals surface area contributed by atoms with Crippen LogP contribution in [0.2, 0.25) is 0 Å². The predicted octanol–water partition coefficient (Wildman–Crippen LogP) is 1.45. The first kappa shape index (κ1) is 14.0. The maximum absolute atomic E-state index is 5.53. The van der Waals surface area contributed by atoms with Gasteiger partial charge in [-0.1, -0.05) is 12.1 Å². The number of hydrogen-bond acceptors (Lipinski definition) is 6. The topological polar surface area (TPSA) is 70.3 Å². The van der Waals surface area contributed by atoms with Crippen molar-refractivity contribution in [1.29, 1.82) is 0 Å². The van der Waals surface area contributed by atoms with Crippen molar-refractivity contribution in [2.24, 2.45) is 5.84 Å². The molecule has 0 radical (unpaired) electrons.